The van der Waals surface area contributed by atoms with E-state index < -0.39 is 0 Å². The van der Waals surface area contributed by atoms with E-state index in [4.69, 9.17) is 0 Å². The van der Waals surface area contributed by atoms with Crippen LogP contribution in [-0.2, 0) is 4.12 Å². The molecule has 0 aromatic carbocycles. The summed E-state index contributed by atoms with van der Waals surface area (Å²) >= 11 is 4.14. The third kappa shape index (κ3) is 64.0. The van der Waals surface area contributed by atoms with Crippen LogP contribution in [0.4, 0.5) is 0 Å². The molecule has 0 aromatic rings. The third-order valence-corrected chi connectivity index (χ3v) is 0. The monoisotopic (exact) mass is 124 g/mol. The van der Waals surface area contributed by atoms with Crippen molar-refractivity contribution in [3.05, 3.63) is 0 Å². The summed E-state index contributed by atoms with van der Waals surface area (Å²) < 4.78 is 4.53. The Morgan fingerprint density at radius 3 is 1.40 bits per heavy atom. The van der Waals surface area contributed by atoms with Gasteiger partial charge in [-0.25, -0.2) is 11.5 Å². The molecule has 0 unspecified atom stereocenters. The summed E-state index contributed by atoms with van der Waals surface area (Å²) in [6.07, 6.45) is 0. The van der Waals surface area contributed by atoms with E-state index in [0.29, 0.717) is 0 Å². The summed E-state index contributed by atoms with van der Waals surface area (Å²) in [6.45, 7) is 0. The van der Waals surface area contributed by atoms with Crippen molar-refractivity contribution in [2.24, 2.45) is 0 Å². The van der Waals surface area contributed by atoms with Crippen LogP contribution in [0.25, 0.3) is 0 Å². The minimum Gasteiger partial charge on any atom is -0.471 e. The second-order valence-electron chi connectivity index (χ2n) is 0.408. The van der Waals surface area contributed by atoms with Crippen LogP contribution in [0.5, 0.6) is 0 Å². The first-order valence-electron chi connectivity index (χ1n) is 1.03. The highest BCUT2D eigenvalue weighted by atomic mass is 35.5. The summed E-state index contributed by atoms with van der Waals surface area (Å²) in [5, 5.41) is 0. The van der Waals surface area contributed by atoms with Crippen LogP contribution in [0.3, 0.4) is 0 Å². The molecule has 0 heterocycles. The molecule has 0 saturated carbocycles. The highest BCUT2D eigenvalue weighted by Gasteiger charge is 1.28. The Kier molecular flexibility index (Phi) is 40.3. The summed E-state index contributed by atoms with van der Waals surface area (Å²) in [4.78, 5) is 0. The molecule has 0 saturated heterocycles. The fraction of sp³-hybridized carbons (Fsp3) is 0. The molecule has 0 aliphatic rings. The molecule has 0 spiro atoms. The van der Waals surface area contributed by atoms with Crippen molar-refractivity contribution in [1.29, 1.82) is 0 Å². The molecule has 2 radical (unpaired) electrons. The van der Waals surface area contributed by atoms with Gasteiger partial charge < -0.3 is 4.12 Å². The minimum absolute atomic E-state index is 0.931. The van der Waals surface area contributed by atoms with Crippen molar-refractivity contribution < 1.29 is 4.12 Å². The molecule has 5 heteroatoms. The van der Waals surface area contributed by atoms with Gasteiger partial charge in [0.15, 0.2) is 0 Å². The fourth-order valence-electron chi connectivity index (χ4n) is 0. The largest absolute Gasteiger partial charge is 0.471 e. The van der Waals surface area contributed by atoms with E-state index in [1.54, 1.807) is 0 Å². The molecule has 0 aromatic heterocycles. The Morgan fingerprint density at radius 1 is 1.40 bits per heavy atom. The Hall–Kier alpha value is 0.749. The molecule has 0 atom stereocenters. The first-order valence-corrected chi connectivity index (χ1v) is 3.10. The predicted molar refractivity (Wildman–Crippen MR) is 32.6 cm³/mol. The molecule has 5 heavy (non-hydrogen) atoms. The number of rotatable bonds is 0. The lowest BCUT2D eigenvalue weighted by Gasteiger charge is -1.62. The van der Waals surface area contributed by atoms with Gasteiger partial charge in [-0.05, 0) is 0 Å². The maximum Gasteiger partial charge on any atom is 0.214 e. The van der Waals surface area contributed by atoms with Gasteiger partial charge in [-0.2, -0.15) is 0 Å². The van der Waals surface area contributed by atoms with Crippen molar-refractivity contribution >= 4 is 39.7 Å². The first-order chi connectivity index (χ1) is 2.41. The topological polar surface area (TPSA) is 9.23 Å². The van der Waals surface area contributed by atoms with Crippen LogP contribution in [-0.4, -0.2) is 28.2 Å². The predicted octanol–water partition coefficient (Wildman–Crippen LogP) is -2.13. The molecule has 0 fully saturated rings. The summed E-state index contributed by atoms with van der Waals surface area (Å²) in [7, 11) is 5.83. The van der Waals surface area contributed by atoms with Gasteiger partial charge in [0.25, 0.3) is 0 Å². The fourth-order valence-corrected chi connectivity index (χ4v) is 0. The zero-order valence-corrected chi connectivity index (χ0v) is 8.12. The molecule has 0 N–H and O–H groups in total. The average molecular weight is 124 g/mol. The summed E-state index contributed by atoms with van der Waals surface area (Å²) in [6, 6.07) is 0. The van der Waals surface area contributed by atoms with Crippen molar-refractivity contribution in [1.82, 2.24) is 0 Å². The normalized spacial score (nSPS) is 5.80. The standard InChI is InChI=1S/BCl.H6OSi2/c1-2;2-1-3/h;2-3H3. The van der Waals surface area contributed by atoms with Gasteiger partial charge in [0.1, 0.15) is 21.0 Å². The lowest BCUT2D eigenvalue weighted by Crippen LogP contribution is -1.65. The maximum atomic E-state index is 4.53. The smallest absolute Gasteiger partial charge is 0.214 e. The van der Waals surface area contributed by atoms with Crippen molar-refractivity contribution in [2.75, 3.05) is 0 Å². The molecule has 0 rings (SSSR count). The lowest BCUT2D eigenvalue weighted by atomic mass is 10.8. The zero-order chi connectivity index (χ0) is 4.71. The van der Waals surface area contributed by atoms with Crippen LogP contribution in [0.1, 0.15) is 0 Å². The number of hydrogen-bond donors (Lipinski definition) is 0. The molecule has 0 aliphatic heterocycles. The van der Waals surface area contributed by atoms with Gasteiger partial charge in [0, 0.05) is 0 Å². The van der Waals surface area contributed by atoms with Crippen molar-refractivity contribution in [3.8, 4) is 0 Å². The average Bonchev–Trinajstić information content (AvgIpc) is 1.46. The number of hydrogen-bond acceptors (Lipinski definition) is 1. The van der Waals surface area contributed by atoms with E-state index in [1.165, 1.54) is 0 Å². The molecule has 1 nitrogen and oxygen atoms in total. The molecule has 0 bridgehead atoms. The van der Waals surface area contributed by atoms with E-state index >= 15 is 0 Å². The first kappa shape index (κ1) is 9.22. The zero-order valence-electron chi connectivity index (χ0n) is 3.36. The van der Waals surface area contributed by atoms with Crippen LogP contribution in [0.15, 0.2) is 0 Å². The van der Waals surface area contributed by atoms with Crippen molar-refractivity contribution in [3.63, 3.8) is 0 Å². The van der Waals surface area contributed by atoms with Gasteiger partial charge >= 0.3 is 0 Å². The molecule has 0 aliphatic carbocycles. The summed E-state index contributed by atoms with van der Waals surface area (Å²) in [5.41, 5.74) is 0. The number of halogens is 1. The van der Waals surface area contributed by atoms with Gasteiger partial charge in [-0.3, -0.25) is 0 Å². The maximum absolute atomic E-state index is 4.53. The summed E-state index contributed by atoms with van der Waals surface area (Å²) in [5.74, 6) is 0. The Labute approximate surface area is 44.5 Å². The van der Waals surface area contributed by atoms with Crippen LogP contribution in [0, 0.1) is 0 Å². The highest BCUT2D eigenvalue weighted by molar-refractivity contribution is 6.80. The molecule has 30 valence electrons. The third-order valence-electron chi connectivity index (χ3n) is 0. The van der Waals surface area contributed by atoms with E-state index in [0.717, 1.165) is 21.0 Å². The van der Waals surface area contributed by atoms with Gasteiger partial charge in [-0.1, -0.05) is 0 Å². The Bertz CT molecular complexity index is 9.61. The Balaban J connectivity index is 0. The van der Waals surface area contributed by atoms with E-state index in [1.807, 2.05) is 0 Å². The van der Waals surface area contributed by atoms with E-state index in [2.05, 4.69) is 22.8 Å². The van der Waals surface area contributed by atoms with E-state index in [9.17, 15) is 0 Å². The van der Waals surface area contributed by atoms with Gasteiger partial charge in [-0.15, -0.1) is 0 Å². The molecular weight excluding hydrogens is 118 g/mol. The second kappa shape index (κ2) is 21.8. The van der Waals surface area contributed by atoms with Crippen LogP contribution in [0.2, 0.25) is 0 Å². The lowest BCUT2D eigenvalue weighted by molar-refractivity contribution is 0.690. The van der Waals surface area contributed by atoms with E-state index in [-0.39, 0.29) is 0 Å². The second-order valence-corrected chi connectivity index (χ2v) is 3.67. The quantitative estimate of drug-likeness (QED) is 0.336. The van der Waals surface area contributed by atoms with Crippen LogP contribution < -0.4 is 0 Å². The van der Waals surface area contributed by atoms with Crippen molar-refractivity contribution in [2.45, 2.75) is 0 Å². The van der Waals surface area contributed by atoms with Crippen LogP contribution >= 0.6 is 11.5 Å². The highest BCUT2D eigenvalue weighted by Crippen LogP contribution is 1.29. The Morgan fingerprint density at radius 2 is 1.40 bits per heavy atom. The minimum atomic E-state index is 0.931. The molecule has 0 amide bonds. The molecular formula is H6BClOSi2. The SMILES string of the molecule is [B]Cl.[SiH3]O[SiH3]. The van der Waals surface area contributed by atoms with Gasteiger partial charge in [0.2, 0.25) is 7.26 Å². The van der Waals surface area contributed by atoms with Gasteiger partial charge in [0.05, 0.1) is 0 Å².